The van der Waals surface area contributed by atoms with Gasteiger partial charge in [0.25, 0.3) is 0 Å². The molecule has 0 fully saturated rings. The number of nitrogens with one attached hydrogen (secondary N) is 1. The summed E-state index contributed by atoms with van der Waals surface area (Å²) < 4.78 is 5.26. The van der Waals surface area contributed by atoms with Crippen molar-refractivity contribution in [2.75, 3.05) is 7.11 Å². The van der Waals surface area contributed by atoms with E-state index in [1.807, 2.05) is 55.5 Å². The second kappa shape index (κ2) is 7.23. The van der Waals surface area contributed by atoms with Crippen LogP contribution >= 0.6 is 0 Å². The topological polar surface area (TPSA) is 33.1 Å². The molecule has 1 aromatic rings. The van der Waals surface area contributed by atoms with Gasteiger partial charge in [0.2, 0.25) is 0 Å². The molecule has 17 heavy (non-hydrogen) atoms. The van der Waals surface area contributed by atoms with E-state index in [-0.39, 0.29) is 0 Å². The lowest BCUT2D eigenvalue weighted by Crippen LogP contribution is -1.85. The average Bonchev–Trinajstić information content (AvgIpc) is 2.37. The van der Waals surface area contributed by atoms with Crippen LogP contribution in [0.2, 0.25) is 0 Å². The van der Waals surface area contributed by atoms with E-state index in [1.165, 1.54) is 6.21 Å². The summed E-state index contributed by atoms with van der Waals surface area (Å²) in [5, 5.41) is 6.86. The first-order chi connectivity index (χ1) is 8.27. The molecule has 1 N–H and O–H groups in total. The Bertz CT molecular complexity index is 456. The third kappa shape index (κ3) is 4.51. The molecule has 2 nitrogen and oxygen atoms in total. The molecule has 0 saturated heterocycles. The molecular formula is C15H17NO. The Hall–Kier alpha value is -2.09. The van der Waals surface area contributed by atoms with Crippen LogP contribution in [0, 0.1) is 5.41 Å². The molecule has 0 unspecified atom stereocenters. The smallest absolute Gasteiger partial charge is 0.126 e. The van der Waals surface area contributed by atoms with Gasteiger partial charge in [0.1, 0.15) is 5.75 Å². The Labute approximate surface area is 102 Å². The number of hydrogen-bond donors (Lipinski definition) is 1. The highest BCUT2D eigenvalue weighted by molar-refractivity contribution is 5.68. The number of para-hydroxylation sites is 1. The minimum absolute atomic E-state index is 0.867. The average molecular weight is 227 g/mol. The second-order valence-electron chi connectivity index (χ2n) is 3.54. The Morgan fingerprint density at radius 1 is 1.24 bits per heavy atom. The van der Waals surface area contributed by atoms with Crippen LogP contribution in [0.25, 0.3) is 6.08 Å². The van der Waals surface area contributed by atoms with Gasteiger partial charge >= 0.3 is 0 Å². The predicted molar refractivity (Wildman–Crippen MR) is 73.7 cm³/mol. The first-order valence-corrected chi connectivity index (χ1v) is 5.43. The number of benzene rings is 1. The lowest BCUT2D eigenvalue weighted by molar-refractivity contribution is 0.414. The van der Waals surface area contributed by atoms with E-state index in [2.05, 4.69) is 0 Å². The van der Waals surface area contributed by atoms with Crippen molar-refractivity contribution in [1.82, 2.24) is 0 Å². The quantitative estimate of drug-likeness (QED) is 0.601. The molecule has 0 heterocycles. The highest BCUT2D eigenvalue weighted by Gasteiger charge is 1.95. The fraction of sp³-hybridized carbons (Fsp3) is 0.133. The number of ether oxygens (including phenoxy) is 1. The molecule has 0 spiro atoms. The monoisotopic (exact) mass is 227 g/mol. The highest BCUT2D eigenvalue weighted by atomic mass is 16.5. The van der Waals surface area contributed by atoms with Gasteiger partial charge in [0.15, 0.2) is 0 Å². The molecule has 0 aliphatic rings. The second-order valence-corrected chi connectivity index (χ2v) is 3.54. The van der Waals surface area contributed by atoms with Gasteiger partial charge in [0, 0.05) is 11.8 Å². The van der Waals surface area contributed by atoms with Crippen molar-refractivity contribution in [3.05, 3.63) is 59.7 Å². The van der Waals surface area contributed by atoms with E-state index >= 15 is 0 Å². The van der Waals surface area contributed by atoms with Crippen molar-refractivity contribution in [2.24, 2.45) is 0 Å². The molecule has 0 aliphatic carbocycles. The van der Waals surface area contributed by atoms with Crippen LogP contribution in [0.5, 0.6) is 5.75 Å². The Morgan fingerprint density at radius 3 is 2.71 bits per heavy atom. The lowest BCUT2D eigenvalue weighted by atomic mass is 10.1. The number of allylic oxidation sites excluding steroid dienone is 5. The van der Waals surface area contributed by atoms with Crippen LogP contribution < -0.4 is 4.74 Å². The van der Waals surface area contributed by atoms with Crippen molar-refractivity contribution >= 4 is 12.3 Å². The van der Waals surface area contributed by atoms with Crippen molar-refractivity contribution in [1.29, 1.82) is 5.41 Å². The largest absolute Gasteiger partial charge is 0.496 e. The van der Waals surface area contributed by atoms with E-state index in [1.54, 1.807) is 13.2 Å². The molecule has 0 amide bonds. The van der Waals surface area contributed by atoms with Crippen LogP contribution in [-0.4, -0.2) is 13.3 Å². The Balaban J connectivity index is 2.79. The van der Waals surface area contributed by atoms with Gasteiger partial charge in [-0.15, -0.1) is 0 Å². The lowest BCUT2D eigenvalue weighted by Gasteiger charge is -2.03. The van der Waals surface area contributed by atoms with Gasteiger partial charge in [-0.3, -0.25) is 0 Å². The summed E-state index contributed by atoms with van der Waals surface area (Å²) in [7, 11) is 1.67. The first-order valence-electron chi connectivity index (χ1n) is 5.43. The van der Waals surface area contributed by atoms with E-state index in [9.17, 15) is 0 Å². The zero-order valence-corrected chi connectivity index (χ0v) is 10.2. The van der Waals surface area contributed by atoms with E-state index in [0.29, 0.717) is 0 Å². The van der Waals surface area contributed by atoms with Crippen LogP contribution in [0.3, 0.4) is 0 Å². The third-order valence-corrected chi connectivity index (χ3v) is 2.23. The van der Waals surface area contributed by atoms with Crippen molar-refractivity contribution in [3.63, 3.8) is 0 Å². The van der Waals surface area contributed by atoms with Gasteiger partial charge in [0.05, 0.1) is 7.11 Å². The zero-order chi connectivity index (χ0) is 12.5. The summed E-state index contributed by atoms with van der Waals surface area (Å²) in [6.45, 7) is 2.01. The fourth-order valence-electron chi connectivity index (χ4n) is 1.34. The number of methoxy groups -OCH3 is 1. The Kier molecular flexibility index (Phi) is 5.52. The summed E-state index contributed by atoms with van der Waals surface area (Å²) >= 11 is 0. The number of rotatable bonds is 5. The summed E-state index contributed by atoms with van der Waals surface area (Å²) in [4.78, 5) is 0. The molecule has 1 aromatic carbocycles. The van der Waals surface area contributed by atoms with E-state index in [0.717, 1.165) is 16.9 Å². The van der Waals surface area contributed by atoms with Crippen LogP contribution in [-0.2, 0) is 0 Å². The maximum absolute atomic E-state index is 6.86. The summed E-state index contributed by atoms with van der Waals surface area (Å²) in [6, 6.07) is 7.88. The molecule has 0 aromatic heterocycles. The van der Waals surface area contributed by atoms with E-state index in [4.69, 9.17) is 10.1 Å². The predicted octanol–water partition coefficient (Wildman–Crippen LogP) is 3.86. The van der Waals surface area contributed by atoms with Gasteiger partial charge < -0.3 is 10.1 Å². The van der Waals surface area contributed by atoms with Crippen molar-refractivity contribution in [2.45, 2.75) is 6.92 Å². The van der Waals surface area contributed by atoms with Crippen LogP contribution in [0.1, 0.15) is 12.5 Å². The first kappa shape index (κ1) is 13.0. The standard InChI is InChI=1S/C15H17NO/c1-13(7-5-6-12-16)10-11-14-8-3-4-9-15(14)17-2/h3-12,16H,1-2H3/b6-5-,11-10+,13-7+,16-12?. The van der Waals surface area contributed by atoms with Crippen molar-refractivity contribution in [3.8, 4) is 5.75 Å². The minimum Gasteiger partial charge on any atom is -0.496 e. The molecule has 0 saturated carbocycles. The maximum atomic E-state index is 6.86. The van der Waals surface area contributed by atoms with Gasteiger partial charge in [-0.05, 0) is 19.1 Å². The molecule has 2 heteroatoms. The minimum atomic E-state index is 0.867. The third-order valence-electron chi connectivity index (χ3n) is 2.23. The van der Waals surface area contributed by atoms with Gasteiger partial charge in [-0.25, -0.2) is 0 Å². The Morgan fingerprint density at radius 2 is 2.00 bits per heavy atom. The van der Waals surface area contributed by atoms with Crippen LogP contribution in [0.15, 0.2) is 54.1 Å². The molecule has 0 bridgehead atoms. The summed E-state index contributed by atoms with van der Waals surface area (Å²) in [5.41, 5.74) is 2.17. The summed E-state index contributed by atoms with van der Waals surface area (Å²) in [5.74, 6) is 0.867. The van der Waals surface area contributed by atoms with Gasteiger partial charge in [-0.1, -0.05) is 48.1 Å². The SMILES string of the molecule is COc1ccccc1/C=C/C(C)=C/C=C\C=N. The normalized spacial score (nSPS) is 12.2. The molecular weight excluding hydrogens is 210 g/mol. The molecule has 1 rings (SSSR count). The highest BCUT2D eigenvalue weighted by Crippen LogP contribution is 2.19. The summed E-state index contributed by atoms with van der Waals surface area (Å²) in [6.07, 6.45) is 10.8. The van der Waals surface area contributed by atoms with Gasteiger partial charge in [-0.2, -0.15) is 0 Å². The van der Waals surface area contributed by atoms with E-state index < -0.39 is 0 Å². The molecule has 0 atom stereocenters. The molecule has 88 valence electrons. The fourth-order valence-corrected chi connectivity index (χ4v) is 1.34. The number of hydrogen-bond acceptors (Lipinski definition) is 2. The van der Waals surface area contributed by atoms with Crippen LogP contribution in [0.4, 0.5) is 0 Å². The maximum Gasteiger partial charge on any atom is 0.126 e. The molecule has 0 radical (unpaired) electrons. The molecule has 0 aliphatic heterocycles. The van der Waals surface area contributed by atoms with Crippen molar-refractivity contribution < 1.29 is 4.74 Å². The zero-order valence-electron chi connectivity index (χ0n) is 10.2.